The van der Waals surface area contributed by atoms with Gasteiger partial charge in [0.15, 0.2) is 0 Å². The van der Waals surface area contributed by atoms with Crippen LogP contribution in [-0.4, -0.2) is 40.6 Å². The average Bonchev–Trinajstić information content (AvgIpc) is 2.77. The highest BCUT2D eigenvalue weighted by Gasteiger charge is 2.24. The predicted octanol–water partition coefficient (Wildman–Crippen LogP) is 4.34. The zero-order valence-corrected chi connectivity index (χ0v) is 16.9. The Morgan fingerprint density at radius 1 is 1.21 bits per heavy atom. The van der Waals surface area contributed by atoms with Crippen molar-refractivity contribution in [1.82, 2.24) is 9.88 Å². The molecule has 0 saturated carbocycles. The van der Waals surface area contributed by atoms with Crippen LogP contribution in [0.25, 0.3) is 10.9 Å². The van der Waals surface area contributed by atoms with Crippen LogP contribution >= 0.6 is 11.6 Å². The highest BCUT2D eigenvalue weighted by atomic mass is 35.5. The van der Waals surface area contributed by atoms with Gasteiger partial charge >= 0.3 is 0 Å². The second-order valence-electron chi connectivity index (χ2n) is 7.51. The first-order valence-corrected chi connectivity index (χ1v) is 10.3. The van der Waals surface area contributed by atoms with Crippen LogP contribution in [0.2, 0.25) is 5.15 Å². The summed E-state index contributed by atoms with van der Waals surface area (Å²) in [5.74, 6) is 0.189. The highest BCUT2D eigenvalue weighted by Crippen LogP contribution is 2.23. The molecule has 0 unspecified atom stereocenters. The SMILES string of the molecule is O=C(c1cccc(NCc2cc3ccccc3nc2Cl)c1)N1CCC[C@@H](CO)C1. The number of fused-ring (bicyclic) bond motifs is 1. The van der Waals surface area contributed by atoms with Crippen molar-refractivity contribution < 1.29 is 9.90 Å². The number of nitrogens with zero attached hydrogens (tertiary/aromatic N) is 2. The van der Waals surface area contributed by atoms with E-state index in [2.05, 4.69) is 10.3 Å². The zero-order chi connectivity index (χ0) is 20.2. The lowest BCUT2D eigenvalue weighted by Crippen LogP contribution is -2.40. The zero-order valence-electron chi connectivity index (χ0n) is 16.1. The summed E-state index contributed by atoms with van der Waals surface area (Å²) in [7, 11) is 0. The molecule has 1 aliphatic heterocycles. The van der Waals surface area contributed by atoms with Crippen molar-refractivity contribution in [3.8, 4) is 0 Å². The molecule has 1 atom stereocenters. The Morgan fingerprint density at radius 3 is 2.93 bits per heavy atom. The summed E-state index contributed by atoms with van der Waals surface area (Å²) in [6.07, 6.45) is 1.91. The molecule has 5 nitrogen and oxygen atoms in total. The smallest absolute Gasteiger partial charge is 0.253 e. The molecule has 0 aliphatic carbocycles. The van der Waals surface area contributed by atoms with Gasteiger partial charge in [-0.25, -0.2) is 4.98 Å². The van der Waals surface area contributed by atoms with Gasteiger partial charge in [-0.2, -0.15) is 0 Å². The van der Waals surface area contributed by atoms with E-state index >= 15 is 0 Å². The molecule has 4 rings (SSSR count). The molecule has 150 valence electrons. The van der Waals surface area contributed by atoms with E-state index in [4.69, 9.17) is 11.6 Å². The van der Waals surface area contributed by atoms with E-state index in [1.807, 2.05) is 59.5 Å². The number of pyridine rings is 1. The fraction of sp³-hybridized carbons (Fsp3) is 0.304. The molecule has 0 radical (unpaired) electrons. The second-order valence-corrected chi connectivity index (χ2v) is 7.87. The summed E-state index contributed by atoms with van der Waals surface area (Å²) in [5.41, 5.74) is 3.28. The third-order valence-corrected chi connectivity index (χ3v) is 5.73. The van der Waals surface area contributed by atoms with E-state index in [0.717, 1.165) is 41.5 Å². The summed E-state index contributed by atoms with van der Waals surface area (Å²) in [4.78, 5) is 19.2. The average molecular weight is 410 g/mol. The number of amides is 1. The third-order valence-electron chi connectivity index (χ3n) is 5.41. The highest BCUT2D eigenvalue weighted by molar-refractivity contribution is 6.30. The van der Waals surface area contributed by atoms with Crippen molar-refractivity contribution in [2.24, 2.45) is 5.92 Å². The van der Waals surface area contributed by atoms with Gasteiger partial charge in [0, 0.05) is 48.4 Å². The van der Waals surface area contributed by atoms with Gasteiger partial charge in [-0.15, -0.1) is 0 Å². The Morgan fingerprint density at radius 2 is 2.07 bits per heavy atom. The summed E-state index contributed by atoms with van der Waals surface area (Å²) in [5, 5.41) is 14.3. The van der Waals surface area contributed by atoms with E-state index in [1.165, 1.54) is 0 Å². The fourth-order valence-electron chi connectivity index (χ4n) is 3.80. The van der Waals surface area contributed by atoms with Crippen molar-refractivity contribution in [1.29, 1.82) is 0 Å². The Labute approximate surface area is 175 Å². The lowest BCUT2D eigenvalue weighted by atomic mass is 9.98. The molecule has 2 heterocycles. The Kier molecular flexibility index (Phi) is 5.97. The molecule has 1 amide bonds. The largest absolute Gasteiger partial charge is 0.396 e. The number of para-hydroxylation sites is 1. The first kappa shape index (κ1) is 19.7. The second kappa shape index (κ2) is 8.80. The number of piperidine rings is 1. The van der Waals surface area contributed by atoms with E-state index in [1.54, 1.807) is 0 Å². The van der Waals surface area contributed by atoms with E-state index < -0.39 is 0 Å². The Hall–Kier alpha value is -2.63. The first-order chi connectivity index (χ1) is 14.1. The Bertz CT molecular complexity index is 1020. The van der Waals surface area contributed by atoms with Gasteiger partial charge in [-0.3, -0.25) is 4.79 Å². The maximum atomic E-state index is 12.9. The quantitative estimate of drug-likeness (QED) is 0.615. The third kappa shape index (κ3) is 4.52. The minimum atomic E-state index is 0.0113. The van der Waals surface area contributed by atoms with Crippen molar-refractivity contribution in [2.75, 3.05) is 25.0 Å². The minimum absolute atomic E-state index is 0.0113. The van der Waals surface area contributed by atoms with Crippen LogP contribution in [0.5, 0.6) is 0 Å². The van der Waals surface area contributed by atoms with Gasteiger partial charge in [-0.05, 0) is 49.1 Å². The van der Waals surface area contributed by atoms with Crippen LogP contribution in [0.4, 0.5) is 5.69 Å². The monoisotopic (exact) mass is 409 g/mol. The standard InChI is InChI=1S/C23H24ClN3O2/c24-22-19(11-17-6-1-2-9-21(17)26-22)13-25-20-8-3-7-18(12-20)23(29)27-10-4-5-16(14-27)15-28/h1-3,6-9,11-12,16,25,28H,4-5,10,13-15H2/t16-/m1/s1. The minimum Gasteiger partial charge on any atom is -0.396 e. The number of rotatable bonds is 5. The molecular formula is C23H24ClN3O2. The molecule has 2 N–H and O–H groups in total. The number of anilines is 1. The van der Waals surface area contributed by atoms with Crippen LogP contribution in [0.1, 0.15) is 28.8 Å². The normalized spacial score (nSPS) is 16.8. The molecule has 29 heavy (non-hydrogen) atoms. The summed E-state index contributed by atoms with van der Waals surface area (Å²) >= 11 is 6.35. The van der Waals surface area contributed by atoms with E-state index in [-0.39, 0.29) is 18.4 Å². The number of halogens is 1. The molecule has 1 aliphatic rings. The molecule has 1 fully saturated rings. The molecule has 1 aromatic heterocycles. The number of aromatic nitrogens is 1. The van der Waals surface area contributed by atoms with Crippen LogP contribution < -0.4 is 5.32 Å². The number of carbonyl (C=O) groups excluding carboxylic acids is 1. The summed E-state index contributed by atoms with van der Waals surface area (Å²) < 4.78 is 0. The number of nitrogens with one attached hydrogen (secondary N) is 1. The molecule has 0 spiro atoms. The molecule has 2 aromatic carbocycles. The maximum absolute atomic E-state index is 12.9. The maximum Gasteiger partial charge on any atom is 0.253 e. The predicted molar refractivity (Wildman–Crippen MR) is 116 cm³/mol. The number of likely N-dealkylation sites (tertiary alicyclic amines) is 1. The van der Waals surface area contributed by atoms with E-state index in [0.29, 0.717) is 23.8 Å². The van der Waals surface area contributed by atoms with Gasteiger partial charge in [0.1, 0.15) is 5.15 Å². The van der Waals surface area contributed by atoms with Gasteiger partial charge in [0.05, 0.1) is 5.52 Å². The molecule has 1 saturated heterocycles. The van der Waals surface area contributed by atoms with Crippen molar-refractivity contribution >= 4 is 34.1 Å². The topological polar surface area (TPSA) is 65.5 Å². The van der Waals surface area contributed by atoms with E-state index in [9.17, 15) is 9.90 Å². The molecular weight excluding hydrogens is 386 g/mol. The van der Waals surface area contributed by atoms with Crippen molar-refractivity contribution in [3.05, 3.63) is 70.9 Å². The van der Waals surface area contributed by atoms with Gasteiger partial charge in [0.2, 0.25) is 0 Å². The molecule has 0 bridgehead atoms. The van der Waals surface area contributed by atoms with Gasteiger partial charge in [-0.1, -0.05) is 35.9 Å². The lowest BCUT2D eigenvalue weighted by Gasteiger charge is -2.32. The fourth-order valence-corrected chi connectivity index (χ4v) is 4.01. The Balaban J connectivity index is 1.47. The number of benzene rings is 2. The number of aliphatic hydroxyl groups excluding tert-OH is 1. The first-order valence-electron chi connectivity index (χ1n) is 9.92. The van der Waals surface area contributed by atoms with Gasteiger partial charge in [0.25, 0.3) is 5.91 Å². The van der Waals surface area contributed by atoms with Gasteiger partial charge < -0.3 is 15.3 Å². The van der Waals surface area contributed by atoms with Crippen molar-refractivity contribution in [3.63, 3.8) is 0 Å². The number of carbonyl (C=O) groups is 1. The summed E-state index contributed by atoms with van der Waals surface area (Å²) in [6.45, 7) is 2.01. The van der Waals surface area contributed by atoms with Crippen LogP contribution in [0.15, 0.2) is 54.6 Å². The number of hydrogen-bond donors (Lipinski definition) is 2. The number of hydrogen-bond acceptors (Lipinski definition) is 4. The molecule has 6 heteroatoms. The molecule has 3 aromatic rings. The summed E-state index contributed by atoms with van der Waals surface area (Å²) in [6, 6.07) is 17.4. The van der Waals surface area contributed by atoms with Crippen LogP contribution in [0.3, 0.4) is 0 Å². The van der Waals surface area contributed by atoms with Crippen molar-refractivity contribution in [2.45, 2.75) is 19.4 Å². The van der Waals surface area contributed by atoms with Crippen LogP contribution in [0, 0.1) is 5.92 Å². The van der Waals surface area contributed by atoms with Crippen LogP contribution in [-0.2, 0) is 6.54 Å². The lowest BCUT2D eigenvalue weighted by molar-refractivity contribution is 0.0621. The number of aliphatic hydroxyl groups is 1.